The van der Waals surface area contributed by atoms with Crippen molar-refractivity contribution in [3.8, 4) is 0 Å². The molecule has 0 amide bonds. The second-order valence-corrected chi connectivity index (χ2v) is 3.55. The summed E-state index contributed by atoms with van der Waals surface area (Å²) in [5.41, 5.74) is 9.35. The number of carbonyl (C=O) groups is 2. The van der Waals surface area contributed by atoms with Crippen molar-refractivity contribution in [1.82, 2.24) is 0 Å². The summed E-state index contributed by atoms with van der Waals surface area (Å²) in [6, 6.07) is 0. The van der Waals surface area contributed by atoms with Gasteiger partial charge in [0.2, 0.25) is 5.54 Å². The summed E-state index contributed by atoms with van der Waals surface area (Å²) in [7, 11) is 2.37. The first-order valence-corrected chi connectivity index (χ1v) is 5.18. The summed E-state index contributed by atoms with van der Waals surface area (Å²) in [5.74, 6) is -1.54. The molecule has 0 bridgehead atoms. The van der Waals surface area contributed by atoms with Crippen LogP contribution >= 0.6 is 0 Å². The van der Waals surface area contributed by atoms with Gasteiger partial charge in [0.15, 0.2) is 0 Å². The Labute approximate surface area is 95.3 Å². The summed E-state index contributed by atoms with van der Waals surface area (Å²) < 4.78 is 9.01. The summed E-state index contributed by atoms with van der Waals surface area (Å²) in [4.78, 5) is 22.9. The van der Waals surface area contributed by atoms with Crippen molar-refractivity contribution in [2.24, 2.45) is 11.5 Å². The fourth-order valence-corrected chi connectivity index (χ4v) is 1.38. The van der Waals surface area contributed by atoms with E-state index in [2.05, 4.69) is 9.47 Å². The number of hydrogen-bond acceptors (Lipinski definition) is 6. The molecular weight excluding hydrogens is 212 g/mol. The maximum Gasteiger partial charge on any atom is 0.337 e. The standard InChI is InChI=1S/C10H20N2O4/c1-15-8(13)10(12,9(14)16-2)6-4-3-5-7-11/h3-7,11-12H2,1-2H3. The highest BCUT2D eigenvalue weighted by atomic mass is 16.5. The molecule has 0 aromatic heterocycles. The van der Waals surface area contributed by atoms with Crippen LogP contribution in [-0.4, -0.2) is 38.2 Å². The van der Waals surface area contributed by atoms with Gasteiger partial charge in [-0.1, -0.05) is 12.8 Å². The molecule has 0 saturated heterocycles. The van der Waals surface area contributed by atoms with E-state index in [-0.39, 0.29) is 6.42 Å². The lowest BCUT2D eigenvalue weighted by molar-refractivity contribution is -0.161. The minimum atomic E-state index is -1.70. The summed E-state index contributed by atoms with van der Waals surface area (Å²) >= 11 is 0. The second-order valence-electron chi connectivity index (χ2n) is 3.55. The van der Waals surface area contributed by atoms with Crippen molar-refractivity contribution in [3.63, 3.8) is 0 Å². The molecule has 4 N–H and O–H groups in total. The molecule has 0 heterocycles. The number of carbonyl (C=O) groups excluding carboxylic acids is 2. The quantitative estimate of drug-likeness (QED) is 0.350. The molecule has 0 unspecified atom stereocenters. The van der Waals surface area contributed by atoms with Crippen LogP contribution in [0, 0.1) is 0 Å². The Morgan fingerprint density at radius 1 is 1.06 bits per heavy atom. The Morgan fingerprint density at radius 2 is 1.56 bits per heavy atom. The first-order chi connectivity index (χ1) is 7.52. The van der Waals surface area contributed by atoms with E-state index in [0.717, 1.165) is 12.8 Å². The Balaban J connectivity index is 4.43. The lowest BCUT2D eigenvalue weighted by Gasteiger charge is -2.23. The van der Waals surface area contributed by atoms with Crippen molar-refractivity contribution in [1.29, 1.82) is 0 Å². The molecule has 94 valence electrons. The average molecular weight is 232 g/mol. The number of nitrogens with two attached hydrogens (primary N) is 2. The van der Waals surface area contributed by atoms with Crippen LogP contribution in [0.15, 0.2) is 0 Å². The van der Waals surface area contributed by atoms with E-state index in [1.807, 2.05) is 0 Å². The minimum absolute atomic E-state index is 0.201. The summed E-state index contributed by atoms with van der Waals surface area (Å²) in [6.45, 7) is 0.577. The smallest absolute Gasteiger partial charge is 0.337 e. The van der Waals surface area contributed by atoms with E-state index in [4.69, 9.17) is 11.5 Å². The molecule has 0 aromatic rings. The Kier molecular flexibility index (Phi) is 6.67. The van der Waals surface area contributed by atoms with Crippen LogP contribution in [0.4, 0.5) is 0 Å². The fraction of sp³-hybridized carbons (Fsp3) is 0.800. The molecule has 0 radical (unpaired) electrons. The molecule has 0 saturated carbocycles. The van der Waals surface area contributed by atoms with Crippen LogP contribution in [0.25, 0.3) is 0 Å². The third-order valence-corrected chi connectivity index (χ3v) is 2.37. The van der Waals surface area contributed by atoms with E-state index in [9.17, 15) is 9.59 Å². The third-order valence-electron chi connectivity index (χ3n) is 2.37. The maximum absolute atomic E-state index is 11.4. The lowest BCUT2D eigenvalue weighted by Crippen LogP contribution is -2.56. The number of ether oxygens (including phenoxy) is 2. The maximum atomic E-state index is 11.4. The normalized spacial score (nSPS) is 11.0. The van der Waals surface area contributed by atoms with Gasteiger partial charge in [0.05, 0.1) is 14.2 Å². The number of unbranched alkanes of at least 4 members (excludes halogenated alkanes) is 2. The molecule has 0 aromatic carbocycles. The molecule has 6 heteroatoms. The van der Waals surface area contributed by atoms with Gasteiger partial charge in [0.25, 0.3) is 0 Å². The van der Waals surface area contributed by atoms with Gasteiger partial charge in [0.1, 0.15) is 0 Å². The second kappa shape index (κ2) is 7.19. The monoisotopic (exact) mass is 232 g/mol. The molecule has 0 spiro atoms. The minimum Gasteiger partial charge on any atom is -0.467 e. The highest BCUT2D eigenvalue weighted by Gasteiger charge is 2.43. The van der Waals surface area contributed by atoms with E-state index in [1.54, 1.807) is 0 Å². The Bertz CT molecular complexity index is 227. The topological polar surface area (TPSA) is 105 Å². The van der Waals surface area contributed by atoms with Crippen LogP contribution < -0.4 is 11.5 Å². The number of esters is 2. The van der Waals surface area contributed by atoms with Gasteiger partial charge in [-0.3, -0.25) is 0 Å². The van der Waals surface area contributed by atoms with E-state index >= 15 is 0 Å². The molecule has 0 atom stereocenters. The highest BCUT2D eigenvalue weighted by Crippen LogP contribution is 2.16. The largest absolute Gasteiger partial charge is 0.467 e. The van der Waals surface area contributed by atoms with E-state index < -0.39 is 17.5 Å². The van der Waals surface area contributed by atoms with Crippen LogP contribution in [0.2, 0.25) is 0 Å². The van der Waals surface area contributed by atoms with Crippen molar-refractivity contribution in [2.75, 3.05) is 20.8 Å². The summed E-state index contributed by atoms with van der Waals surface area (Å²) in [5, 5.41) is 0. The van der Waals surface area contributed by atoms with Crippen LogP contribution in [-0.2, 0) is 19.1 Å². The van der Waals surface area contributed by atoms with Gasteiger partial charge in [-0.2, -0.15) is 0 Å². The third kappa shape index (κ3) is 3.79. The average Bonchev–Trinajstić information content (AvgIpc) is 2.32. The van der Waals surface area contributed by atoms with Crippen LogP contribution in [0.3, 0.4) is 0 Å². The first-order valence-electron chi connectivity index (χ1n) is 5.18. The Morgan fingerprint density at radius 3 is 1.94 bits per heavy atom. The molecule has 0 aliphatic heterocycles. The highest BCUT2D eigenvalue weighted by molar-refractivity contribution is 6.04. The van der Waals surface area contributed by atoms with E-state index in [1.165, 1.54) is 14.2 Å². The Hall–Kier alpha value is -1.14. The molecule has 16 heavy (non-hydrogen) atoms. The lowest BCUT2D eigenvalue weighted by atomic mass is 9.93. The van der Waals surface area contributed by atoms with Crippen molar-refractivity contribution in [2.45, 2.75) is 31.2 Å². The summed E-state index contributed by atoms with van der Waals surface area (Å²) in [6.07, 6.45) is 2.46. The fourth-order valence-electron chi connectivity index (χ4n) is 1.38. The van der Waals surface area contributed by atoms with Gasteiger partial charge < -0.3 is 20.9 Å². The van der Waals surface area contributed by atoms with Gasteiger partial charge in [-0.25, -0.2) is 9.59 Å². The van der Waals surface area contributed by atoms with Gasteiger partial charge in [-0.05, 0) is 19.4 Å². The van der Waals surface area contributed by atoms with Crippen molar-refractivity contribution < 1.29 is 19.1 Å². The molecule has 0 aliphatic rings. The van der Waals surface area contributed by atoms with Gasteiger partial charge >= 0.3 is 11.9 Å². The molecule has 0 aliphatic carbocycles. The molecule has 6 nitrogen and oxygen atoms in total. The molecule has 0 rings (SSSR count). The van der Waals surface area contributed by atoms with Crippen LogP contribution in [0.5, 0.6) is 0 Å². The molecular formula is C10H20N2O4. The zero-order valence-corrected chi connectivity index (χ0v) is 9.82. The number of rotatable bonds is 7. The number of methoxy groups -OCH3 is 2. The first kappa shape index (κ1) is 14.9. The zero-order valence-electron chi connectivity index (χ0n) is 9.82. The molecule has 0 fully saturated rings. The van der Waals surface area contributed by atoms with Gasteiger partial charge in [-0.15, -0.1) is 0 Å². The van der Waals surface area contributed by atoms with Crippen molar-refractivity contribution >= 4 is 11.9 Å². The predicted molar refractivity (Wildman–Crippen MR) is 58.5 cm³/mol. The predicted octanol–water partition coefficient (Wildman–Crippen LogP) is -0.451. The van der Waals surface area contributed by atoms with E-state index in [0.29, 0.717) is 13.0 Å². The van der Waals surface area contributed by atoms with Crippen LogP contribution in [0.1, 0.15) is 25.7 Å². The van der Waals surface area contributed by atoms with Crippen molar-refractivity contribution in [3.05, 3.63) is 0 Å². The van der Waals surface area contributed by atoms with Gasteiger partial charge in [0, 0.05) is 0 Å². The zero-order chi connectivity index (χ0) is 12.6. The SMILES string of the molecule is COC(=O)C(N)(CCCCCN)C(=O)OC. The number of hydrogen-bond donors (Lipinski definition) is 2.